The maximum atomic E-state index is 5.23. The monoisotopic (exact) mass is 194 g/mol. The van der Waals surface area contributed by atoms with Crippen LogP contribution in [0.4, 0.5) is 0 Å². The second kappa shape index (κ2) is 3.70. The largest absolute Gasteiger partial charge is 0.467 e. The number of hydrogen-bond acceptors (Lipinski definition) is 3. The van der Waals surface area contributed by atoms with Crippen LogP contribution in [0, 0.1) is 0 Å². The molecule has 0 unspecified atom stereocenters. The van der Waals surface area contributed by atoms with Gasteiger partial charge in [-0.2, -0.15) is 12.6 Å². The van der Waals surface area contributed by atoms with Crippen LogP contribution in [-0.2, 0) is 12.3 Å². The lowest BCUT2D eigenvalue weighted by Gasteiger charge is -2.02. The van der Waals surface area contributed by atoms with Crippen LogP contribution in [0.5, 0.6) is 0 Å². The first kappa shape index (κ1) is 8.44. The van der Waals surface area contributed by atoms with Gasteiger partial charge in [0.25, 0.3) is 0 Å². The van der Waals surface area contributed by atoms with E-state index in [2.05, 4.69) is 17.6 Å². The highest BCUT2D eigenvalue weighted by Crippen LogP contribution is 2.07. The van der Waals surface area contributed by atoms with Gasteiger partial charge in [-0.1, -0.05) is 0 Å². The summed E-state index contributed by atoms with van der Waals surface area (Å²) in [4.78, 5) is 4.16. The zero-order valence-electron chi connectivity index (χ0n) is 7.05. The minimum atomic E-state index is 0.647. The standard InChI is InChI=1S/C9H10N2OS/c13-7-9-10-3-4-11(9)6-8-2-1-5-12-8/h1-5,13H,6-7H2. The van der Waals surface area contributed by atoms with Gasteiger partial charge in [0.1, 0.15) is 11.6 Å². The van der Waals surface area contributed by atoms with Crippen LogP contribution < -0.4 is 0 Å². The summed E-state index contributed by atoms with van der Waals surface area (Å²) in [5, 5.41) is 0. The maximum Gasteiger partial charge on any atom is 0.123 e. The Morgan fingerprint density at radius 1 is 1.54 bits per heavy atom. The molecule has 0 spiro atoms. The highest BCUT2D eigenvalue weighted by molar-refractivity contribution is 7.79. The number of thiol groups is 1. The van der Waals surface area contributed by atoms with Gasteiger partial charge in [-0.3, -0.25) is 0 Å². The first-order valence-corrected chi connectivity index (χ1v) is 4.66. The molecule has 2 rings (SSSR count). The molecule has 3 nitrogen and oxygen atoms in total. The Hall–Kier alpha value is -1.16. The Kier molecular flexibility index (Phi) is 2.40. The molecule has 2 heterocycles. The summed E-state index contributed by atoms with van der Waals surface area (Å²) in [5.74, 6) is 2.54. The van der Waals surface area contributed by atoms with Crippen LogP contribution in [0.3, 0.4) is 0 Å². The highest BCUT2D eigenvalue weighted by Gasteiger charge is 2.02. The number of aromatic nitrogens is 2. The normalized spacial score (nSPS) is 10.5. The minimum absolute atomic E-state index is 0.647. The van der Waals surface area contributed by atoms with Crippen LogP contribution in [-0.4, -0.2) is 9.55 Å². The van der Waals surface area contributed by atoms with Crippen LogP contribution in [0.15, 0.2) is 35.2 Å². The average Bonchev–Trinajstić information content (AvgIpc) is 2.76. The van der Waals surface area contributed by atoms with Crippen molar-refractivity contribution in [2.75, 3.05) is 0 Å². The van der Waals surface area contributed by atoms with Crippen molar-refractivity contribution in [1.29, 1.82) is 0 Å². The summed E-state index contributed by atoms with van der Waals surface area (Å²) in [7, 11) is 0. The molecule has 0 atom stereocenters. The number of hydrogen-bond donors (Lipinski definition) is 1. The SMILES string of the molecule is SCc1nccn1Cc1ccco1. The van der Waals surface area contributed by atoms with Gasteiger partial charge in [0.2, 0.25) is 0 Å². The fourth-order valence-electron chi connectivity index (χ4n) is 1.21. The van der Waals surface area contributed by atoms with Gasteiger partial charge in [-0.15, -0.1) is 0 Å². The van der Waals surface area contributed by atoms with E-state index in [0.717, 1.165) is 18.1 Å². The predicted octanol–water partition coefficient (Wildman–Crippen LogP) is 1.95. The van der Waals surface area contributed by atoms with Crippen LogP contribution >= 0.6 is 12.6 Å². The number of imidazole rings is 1. The van der Waals surface area contributed by atoms with E-state index in [-0.39, 0.29) is 0 Å². The van der Waals surface area contributed by atoms with Gasteiger partial charge in [-0.25, -0.2) is 4.98 Å². The van der Waals surface area contributed by atoms with E-state index in [1.807, 2.05) is 22.9 Å². The first-order valence-electron chi connectivity index (χ1n) is 4.03. The molecule has 0 radical (unpaired) electrons. The van der Waals surface area contributed by atoms with Crippen molar-refractivity contribution < 1.29 is 4.42 Å². The second-order valence-electron chi connectivity index (χ2n) is 2.71. The Morgan fingerprint density at radius 2 is 2.46 bits per heavy atom. The number of nitrogens with zero attached hydrogens (tertiary/aromatic N) is 2. The molecule has 0 N–H and O–H groups in total. The first-order chi connectivity index (χ1) is 6.40. The van der Waals surface area contributed by atoms with Crippen molar-refractivity contribution in [3.63, 3.8) is 0 Å². The molecule has 68 valence electrons. The van der Waals surface area contributed by atoms with E-state index in [1.165, 1.54) is 0 Å². The fraction of sp³-hybridized carbons (Fsp3) is 0.222. The van der Waals surface area contributed by atoms with Gasteiger partial charge in [-0.05, 0) is 12.1 Å². The third kappa shape index (κ3) is 1.78. The minimum Gasteiger partial charge on any atom is -0.467 e. The third-order valence-corrected chi connectivity index (χ3v) is 2.13. The highest BCUT2D eigenvalue weighted by atomic mass is 32.1. The van der Waals surface area contributed by atoms with E-state index in [9.17, 15) is 0 Å². The van der Waals surface area contributed by atoms with Crippen LogP contribution in [0.1, 0.15) is 11.6 Å². The van der Waals surface area contributed by atoms with Crippen molar-refractivity contribution in [3.8, 4) is 0 Å². The molecular formula is C9H10N2OS. The van der Waals surface area contributed by atoms with E-state index in [0.29, 0.717) is 5.75 Å². The summed E-state index contributed by atoms with van der Waals surface area (Å²) in [5.41, 5.74) is 0. The summed E-state index contributed by atoms with van der Waals surface area (Å²) < 4.78 is 7.25. The Balaban J connectivity index is 2.18. The summed E-state index contributed by atoms with van der Waals surface area (Å²) in [6.45, 7) is 0.725. The third-order valence-electron chi connectivity index (χ3n) is 1.85. The van der Waals surface area contributed by atoms with Crippen LogP contribution in [0.25, 0.3) is 0 Å². The lowest BCUT2D eigenvalue weighted by Crippen LogP contribution is -2.01. The fourth-order valence-corrected chi connectivity index (χ4v) is 1.47. The van der Waals surface area contributed by atoms with Gasteiger partial charge in [0.15, 0.2) is 0 Å². The van der Waals surface area contributed by atoms with Crippen molar-refractivity contribution >= 4 is 12.6 Å². The number of rotatable bonds is 3. The van der Waals surface area contributed by atoms with Crippen molar-refractivity contribution in [3.05, 3.63) is 42.4 Å². The topological polar surface area (TPSA) is 31.0 Å². The molecule has 0 aliphatic carbocycles. The molecule has 0 saturated carbocycles. The molecule has 0 aliphatic heterocycles. The van der Waals surface area contributed by atoms with Gasteiger partial charge < -0.3 is 8.98 Å². The Bertz CT molecular complexity index is 367. The average molecular weight is 194 g/mol. The molecule has 4 heteroatoms. The second-order valence-corrected chi connectivity index (χ2v) is 3.03. The Morgan fingerprint density at radius 3 is 3.15 bits per heavy atom. The van der Waals surface area contributed by atoms with E-state index in [1.54, 1.807) is 12.5 Å². The van der Waals surface area contributed by atoms with E-state index < -0.39 is 0 Å². The molecule has 0 bridgehead atoms. The molecular weight excluding hydrogens is 184 g/mol. The van der Waals surface area contributed by atoms with Gasteiger partial charge in [0, 0.05) is 18.1 Å². The smallest absolute Gasteiger partial charge is 0.123 e. The van der Waals surface area contributed by atoms with Crippen molar-refractivity contribution in [1.82, 2.24) is 9.55 Å². The maximum absolute atomic E-state index is 5.23. The summed E-state index contributed by atoms with van der Waals surface area (Å²) in [6, 6.07) is 3.83. The molecule has 13 heavy (non-hydrogen) atoms. The lowest BCUT2D eigenvalue weighted by atomic mass is 10.4. The van der Waals surface area contributed by atoms with Gasteiger partial charge in [0.05, 0.1) is 12.8 Å². The van der Waals surface area contributed by atoms with Crippen molar-refractivity contribution in [2.24, 2.45) is 0 Å². The molecule has 0 aromatic carbocycles. The zero-order valence-corrected chi connectivity index (χ0v) is 7.95. The van der Waals surface area contributed by atoms with Gasteiger partial charge >= 0.3 is 0 Å². The molecule has 0 aliphatic rings. The lowest BCUT2D eigenvalue weighted by molar-refractivity contribution is 0.490. The number of furan rings is 1. The van der Waals surface area contributed by atoms with E-state index in [4.69, 9.17) is 4.42 Å². The Labute approximate surface area is 81.8 Å². The van der Waals surface area contributed by atoms with Crippen LogP contribution in [0.2, 0.25) is 0 Å². The molecule has 2 aromatic rings. The summed E-state index contributed by atoms with van der Waals surface area (Å²) in [6.07, 6.45) is 5.37. The molecule has 0 fully saturated rings. The predicted molar refractivity (Wildman–Crippen MR) is 52.7 cm³/mol. The zero-order chi connectivity index (χ0) is 9.10. The van der Waals surface area contributed by atoms with E-state index >= 15 is 0 Å². The summed E-state index contributed by atoms with van der Waals surface area (Å²) >= 11 is 4.18. The molecule has 2 aromatic heterocycles. The molecule has 0 saturated heterocycles. The molecule has 0 amide bonds. The quantitative estimate of drug-likeness (QED) is 0.757. The van der Waals surface area contributed by atoms with Crippen molar-refractivity contribution in [2.45, 2.75) is 12.3 Å².